The first kappa shape index (κ1) is 40.9. The molecular formula is C45H63N3O7. The fourth-order valence-corrected chi connectivity index (χ4v) is 8.99. The summed E-state index contributed by atoms with van der Waals surface area (Å²) < 4.78 is 20.9. The number of oxime groups is 1. The van der Waals surface area contributed by atoms with Crippen LogP contribution in [0.3, 0.4) is 0 Å². The third-order valence-electron chi connectivity index (χ3n) is 11.5. The SMILES string of the molecule is C=CCO[C@@]12Oc3ccc(OCc4cccc(C)n4)cc3[C@H]3[C@H](CCCCO)[C@@H](CCCCO)C=C(C(=NOC(C)(C)C)C[C@@H]1N(CCC)C(=O)C1CC1)[C@H]32. The van der Waals surface area contributed by atoms with Crippen LogP contribution in [0.2, 0.25) is 0 Å². The molecule has 1 aromatic carbocycles. The van der Waals surface area contributed by atoms with Crippen molar-refractivity contribution in [3.63, 3.8) is 0 Å². The van der Waals surface area contributed by atoms with Gasteiger partial charge in [-0.05, 0) is 120 Å². The maximum absolute atomic E-state index is 14.3. The molecule has 1 aliphatic heterocycles. The Bertz CT molecular complexity index is 1700. The van der Waals surface area contributed by atoms with Crippen LogP contribution in [-0.2, 0) is 21.0 Å². The van der Waals surface area contributed by atoms with Crippen molar-refractivity contribution in [2.24, 2.45) is 28.8 Å². The Kier molecular flexibility index (Phi) is 13.4. The summed E-state index contributed by atoms with van der Waals surface area (Å²) in [6.45, 7) is 15.5. The first-order chi connectivity index (χ1) is 26.5. The van der Waals surface area contributed by atoms with Gasteiger partial charge < -0.3 is 34.2 Å². The van der Waals surface area contributed by atoms with Crippen molar-refractivity contribution in [2.45, 2.75) is 129 Å². The van der Waals surface area contributed by atoms with Crippen LogP contribution in [0, 0.1) is 30.6 Å². The van der Waals surface area contributed by atoms with Crippen LogP contribution in [0.5, 0.6) is 11.5 Å². The minimum absolute atomic E-state index is 0.00826. The second-order valence-corrected chi connectivity index (χ2v) is 16.8. The fourth-order valence-electron chi connectivity index (χ4n) is 8.99. The van der Waals surface area contributed by atoms with Gasteiger partial charge in [-0.25, -0.2) is 0 Å². The molecule has 0 spiro atoms. The van der Waals surface area contributed by atoms with Gasteiger partial charge in [-0.3, -0.25) is 9.78 Å². The smallest absolute Gasteiger partial charge is 0.239 e. The van der Waals surface area contributed by atoms with Gasteiger partial charge in [0.25, 0.3) is 0 Å². The predicted octanol–water partition coefficient (Wildman–Crippen LogP) is 8.05. The summed E-state index contributed by atoms with van der Waals surface area (Å²) in [6, 6.07) is 11.5. The normalized spacial score (nSPS) is 26.3. The molecule has 0 saturated heterocycles. The highest BCUT2D eigenvalue weighted by molar-refractivity contribution is 6.03. The Balaban J connectivity index is 1.56. The van der Waals surface area contributed by atoms with Gasteiger partial charge >= 0.3 is 0 Å². The molecular weight excluding hydrogens is 695 g/mol. The Morgan fingerprint density at radius 2 is 1.87 bits per heavy atom. The number of hydrogen-bond donors (Lipinski definition) is 2. The second-order valence-electron chi connectivity index (χ2n) is 16.8. The minimum Gasteiger partial charge on any atom is -0.487 e. The van der Waals surface area contributed by atoms with Gasteiger partial charge in [-0.1, -0.05) is 43.1 Å². The minimum atomic E-state index is -1.24. The Morgan fingerprint density at radius 3 is 2.55 bits per heavy atom. The summed E-state index contributed by atoms with van der Waals surface area (Å²) in [4.78, 5) is 27.3. The number of carbonyl (C=O) groups is 1. The van der Waals surface area contributed by atoms with E-state index in [1.165, 1.54) is 0 Å². The first-order valence-electron chi connectivity index (χ1n) is 20.7. The largest absolute Gasteiger partial charge is 0.487 e. The van der Waals surface area contributed by atoms with Crippen LogP contribution < -0.4 is 9.47 Å². The molecule has 6 atom stereocenters. The number of aromatic nitrogens is 1. The Hall–Kier alpha value is -3.73. The van der Waals surface area contributed by atoms with E-state index in [4.69, 9.17) is 24.2 Å². The number of allylic oxidation sites excluding steroid dienone is 1. The average molecular weight is 758 g/mol. The average Bonchev–Trinajstić information content (AvgIpc) is 4.01. The monoisotopic (exact) mass is 757 g/mol. The van der Waals surface area contributed by atoms with Crippen molar-refractivity contribution in [3.05, 3.63) is 77.7 Å². The van der Waals surface area contributed by atoms with Crippen molar-refractivity contribution in [1.82, 2.24) is 9.88 Å². The molecule has 6 rings (SSSR count). The number of aliphatic hydroxyl groups excluding tert-OH is 2. The molecule has 3 aliphatic carbocycles. The lowest BCUT2D eigenvalue weighted by molar-refractivity contribution is -0.257. The zero-order valence-corrected chi connectivity index (χ0v) is 33.7. The Labute approximate surface area is 328 Å². The van der Waals surface area contributed by atoms with Crippen LogP contribution >= 0.6 is 0 Å². The molecule has 2 fully saturated rings. The van der Waals surface area contributed by atoms with Crippen molar-refractivity contribution < 1.29 is 34.1 Å². The summed E-state index contributed by atoms with van der Waals surface area (Å²) in [6.07, 6.45) is 12.1. The molecule has 10 nitrogen and oxygen atoms in total. The summed E-state index contributed by atoms with van der Waals surface area (Å²) in [7, 11) is 0. The van der Waals surface area contributed by atoms with Crippen LogP contribution in [0.25, 0.3) is 0 Å². The quantitative estimate of drug-likeness (QED) is 0.0839. The lowest BCUT2D eigenvalue weighted by Gasteiger charge is -2.60. The van der Waals surface area contributed by atoms with E-state index in [1.54, 1.807) is 6.08 Å². The summed E-state index contributed by atoms with van der Waals surface area (Å²) in [5, 5.41) is 24.7. The number of aliphatic hydroxyl groups is 2. The van der Waals surface area contributed by atoms with Crippen molar-refractivity contribution >= 4 is 11.6 Å². The van der Waals surface area contributed by atoms with E-state index in [1.807, 2.05) is 62.9 Å². The topological polar surface area (TPSA) is 123 Å². The third-order valence-corrected chi connectivity index (χ3v) is 11.5. The van der Waals surface area contributed by atoms with E-state index < -0.39 is 17.4 Å². The molecule has 2 aromatic rings. The lowest BCUT2D eigenvalue weighted by Crippen LogP contribution is -2.70. The highest BCUT2D eigenvalue weighted by Gasteiger charge is 2.65. The van der Waals surface area contributed by atoms with Crippen LogP contribution in [0.4, 0.5) is 0 Å². The summed E-state index contributed by atoms with van der Waals surface area (Å²) in [5.41, 5.74) is 4.16. The molecule has 10 heteroatoms. The molecule has 300 valence electrons. The number of hydrogen-bond acceptors (Lipinski definition) is 9. The maximum atomic E-state index is 14.3. The molecule has 1 aromatic heterocycles. The zero-order valence-electron chi connectivity index (χ0n) is 33.7. The number of benzene rings is 1. The molecule has 2 saturated carbocycles. The number of amides is 1. The predicted molar refractivity (Wildman–Crippen MR) is 214 cm³/mol. The lowest BCUT2D eigenvalue weighted by atomic mass is 9.55. The second kappa shape index (κ2) is 18.0. The van der Waals surface area contributed by atoms with E-state index in [9.17, 15) is 15.0 Å². The van der Waals surface area contributed by atoms with Crippen molar-refractivity contribution in [1.29, 1.82) is 0 Å². The first-order valence-corrected chi connectivity index (χ1v) is 20.7. The summed E-state index contributed by atoms with van der Waals surface area (Å²) in [5.74, 6) is 0.218. The van der Waals surface area contributed by atoms with Gasteiger partial charge in [-0.15, -0.1) is 6.58 Å². The molecule has 2 heterocycles. The Morgan fingerprint density at radius 1 is 1.11 bits per heavy atom. The number of aryl methyl sites for hydroxylation is 1. The number of carbonyl (C=O) groups excluding carboxylic acids is 1. The molecule has 1 amide bonds. The molecule has 2 N–H and O–H groups in total. The standard InChI is InChI=1S/C45H63N3O7/c1-7-22-48(43(51)31-18-19-31)40-28-38(47-55-44(4,5)6)36-26-32(15-9-11-23-49)35(17-10-12-24-50)41-37-27-34(52-29-33-16-13-14-30(3)46-33)20-21-39(37)54-45(40,42(36)41)53-25-8-2/h8,13-14,16,20-21,26-27,31-32,35,40-42,49-50H,2,7,9-12,15,17-19,22-25,28-29H2,1,3-6H3/t32-,35+,40-,41+,42+,45+/m0/s1. The third kappa shape index (κ3) is 9.29. The van der Waals surface area contributed by atoms with E-state index in [0.29, 0.717) is 26.0 Å². The fraction of sp³-hybridized carbons (Fsp3) is 0.622. The highest BCUT2D eigenvalue weighted by atomic mass is 16.7. The molecule has 55 heavy (non-hydrogen) atoms. The van der Waals surface area contributed by atoms with E-state index in [2.05, 4.69) is 30.6 Å². The van der Waals surface area contributed by atoms with Gasteiger partial charge in [0, 0.05) is 49.3 Å². The number of nitrogens with zero attached hydrogens (tertiary/aromatic N) is 3. The maximum Gasteiger partial charge on any atom is 0.239 e. The van der Waals surface area contributed by atoms with Gasteiger partial charge in [0.2, 0.25) is 11.7 Å². The van der Waals surface area contributed by atoms with Crippen LogP contribution in [0.1, 0.15) is 115 Å². The van der Waals surface area contributed by atoms with Crippen molar-refractivity contribution in [3.8, 4) is 11.5 Å². The van der Waals surface area contributed by atoms with Crippen molar-refractivity contribution in [2.75, 3.05) is 26.4 Å². The number of unbranched alkanes of at least 4 members (excludes halogenated alkanes) is 2. The van der Waals surface area contributed by atoms with Gasteiger partial charge in [0.15, 0.2) is 0 Å². The molecule has 4 aliphatic rings. The van der Waals surface area contributed by atoms with Crippen LogP contribution in [0.15, 0.2) is 65.9 Å². The molecule has 0 bridgehead atoms. The number of rotatable bonds is 19. The van der Waals surface area contributed by atoms with E-state index in [0.717, 1.165) is 91.1 Å². The molecule has 0 unspecified atom stereocenters. The van der Waals surface area contributed by atoms with Gasteiger partial charge in [0.1, 0.15) is 29.7 Å². The number of fused-ring (bicyclic) bond motifs is 2. The van der Waals surface area contributed by atoms with Crippen LogP contribution in [-0.4, -0.2) is 75.5 Å². The van der Waals surface area contributed by atoms with E-state index >= 15 is 0 Å². The number of pyridine rings is 1. The zero-order chi connectivity index (χ0) is 39.2. The summed E-state index contributed by atoms with van der Waals surface area (Å²) >= 11 is 0. The van der Waals surface area contributed by atoms with Gasteiger partial charge in [-0.2, -0.15) is 0 Å². The number of ether oxygens (including phenoxy) is 3. The van der Waals surface area contributed by atoms with Gasteiger partial charge in [0.05, 0.1) is 23.9 Å². The highest BCUT2D eigenvalue weighted by Crippen LogP contribution is 2.62. The van der Waals surface area contributed by atoms with E-state index in [-0.39, 0.29) is 55.3 Å². The molecule has 0 radical (unpaired) electrons.